The van der Waals surface area contributed by atoms with E-state index in [0.29, 0.717) is 37.1 Å². The standard InChI is InChI=1S/C34H35FN6O3/c35-28-7-2-24(3-8-28)23-39-18-14-29(15-19-39)38-33(43)27-6-11-31(36-22-27)34(44)40-20-12-26(13-21-40)32(42)25-4-9-30(10-5-25)41-17-1-16-37-41/h1-11,16-17,22,26,29H,12-15,18-21,23H2,(H,38,43). The second-order valence-electron chi connectivity index (χ2n) is 11.5. The van der Waals surface area contributed by atoms with Crippen LogP contribution in [0.2, 0.25) is 0 Å². The quantitative estimate of drug-likeness (QED) is 0.301. The normalized spacial score (nSPS) is 16.5. The molecule has 2 amide bonds. The Morgan fingerprint density at radius 2 is 1.55 bits per heavy atom. The third-order valence-corrected chi connectivity index (χ3v) is 8.56. The largest absolute Gasteiger partial charge is 0.349 e. The molecule has 0 unspecified atom stereocenters. The van der Waals surface area contributed by atoms with Crippen LogP contribution >= 0.6 is 0 Å². The van der Waals surface area contributed by atoms with E-state index in [-0.39, 0.29) is 41.1 Å². The molecule has 9 nitrogen and oxygen atoms in total. The van der Waals surface area contributed by atoms with Gasteiger partial charge < -0.3 is 10.2 Å². The molecule has 2 aliphatic rings. The van der Waals surface area contributed by atoms with Crippen molar-refractivity contribution < 1.29 is 18.8 Å². The van der Waals surface area contributed by atoms with E-state index >= 15 is 0 Å². The molecule has 2 fully saturated rings. The molecule has 2 aliphatic heterocycles. The number of nitrogens with zero attached hydrogens (tertiary/aromatic N) is 5. The first-order valence-corrected chi connectivity index (χ1v) is 15.1. The number of Topliss-reactive ketones (excluding diaryl/α,β-unsaturated/α-hetero) is 1. The highest BCUT2D eigenvalue weighted by Gasteiger charge is 2.29. The zero-order valence-corrected chi connectivity index (χ0v) is 24.4. The SMILES string of the molecule is O=C(NC1CCN(Cc2ccc(F)cc2)CC1)c1ccc(C(=O)N2CCC(C(=O)c3ccc(-n4cccn4)cc3)CC2)nc1. The van der Waals surface area contributed by atoms with Crippen LogP contribution in [0.5, 0.6) is 0 Å². The van der Waals surface area contributed by atoms with Gasteiger partial charge in [0.1, 0.15) is 11.5 Å². The predicted molar refractivity (Wildman–Crippen MR) is 163 cm³/mol. The van der Waals surface area contributed by atoms with Crippen molar-refractivity contribution in [2.75, 3.05) is 26.2 Å². The lowest BCUT2D eigenvalue weighted by molar-refractivity contribution is 0.0645. The Bertz CT molecular complexity index is 1570. The van der Waals surface area contributed by atoms with Crippen molar-refractivity contribution in [3.8, 4) is 5.69 Å². The smallest absolute Gasteiger partial charge is 0.272 e. The van der Waals surface area contributed by atoms with Gasteiger partial charge in [-0.25, -0.2) is 9.07 Å². The fourth-order valence-electron chi connectivity index (χ4n) is 5.95. The Morgan fingerprint density at radius 1 is 0.841 bits per heavy atom. The van der Waals surface area contributed by atoms with Crippen LogP contribution in [0.15, 0.2) is 85.3 Å². The monoisotopic (exact) mass is 594 g/mol. The van der Waals surface area contributed by atoms with E-state index in [1.54, 1.807) is 40.0 Å². The average molecular weight is 595 g/mol. The maximum absolute atomic E-state index is 13.2. The minimum atomic E-state index is -0.236. The summed E-state index contributed by atoms with van der Waals surface area (Å²) in [6.45, 7) is 3.40. The second-order valence-corrected chi connectivity index (χ2v) is 11.5. The van der Waals surface area contributed by atoms with E-state index in [9.17, 15) is 18.8 Å². The third kappa shape index (κ3) is 6.92. The number of likely N-dealkylation sites (tertiary alicyclic amines) is 2. The molecule has 0 aliphatic carbocycles. The first-order chi connectivity index (χ1) is 21.4. The number of hydrogen-bond donors (Lipinski definition) is 1. The number of pyridine rings is 1. The summed E-state index contributed by atoms with van der Waals surface area (Å²) in [6, 6.07) is 19.1. The molecular weight excluding hydrogens is 559 g/mol. The number of rotatable bonds is 8. The fraction of sp³-hybridized carbons (Fsp3) is 0.324. The van der Waals surface area contributed by atoms with E-state index in [4.69, 9.17) is 0 Å². The van der Waals surface area contributed by atoms with Gasteiger partial charge in [-0.1, -0.05) is 12.1 Å². The number of hydrogen-bond acceptors (Lipinski definition) is 6. The molecule has 0 spiro atoms. The van der Waals surface area contributed by atoms with E-state index in [1.165, 1.54) is 18.3 Å². The Labute approximate surface area is 255 Å². The summed E-state index contributed by atoms with van der Waals surface area (Å²) >= 11 is 0. The van der Waals surface area contributed by atoms with Crippen molar-refractivity contribution >= 4 is 17.6 Å². The lowest BCUT2D eigenvalue weighted by atomic mass is 9.88. The molecule has 1 N–H and O–H groups in total. The summed E-state index contributed by atoms with van der Waals surface area (Å²) in [5.41, 5.74) is 3.33. The Kier molecular flexibility index (Phi) is 8.88. The lowest BCUT2D eigenvalue weighted by Crippen LogP contribution is -2.44. The van der Waals surface area contributed by atoms with Crippen molar-refractivity contribution in [2.45, 2.75) is 38.3 Å². The Morgan fingerprint density at radius 3 is 2.18 bits per heavy atom. The maximum Gasteiger partial charge on any atom is 0.272 e. The highest BCUT2D eigenvalue weighted by molar-refractivity contribution is 5.99. The van der Waals surface area contributed by atoms with Crippen LogP contribution in [-0.4, -0.2) is 74.4 Å². The molecule has 10 heteroatoms. The van der Waals surface area contributed by atoms with Gasteiger partial charge in [0.05, 0.1) is 11.3 Å². The molecule has 0 atom stereocenters. The van der Waals surface area contributed by atoms with Crippen LogP contribution in [0.4, 0.5) is 4.39 Å². The van der Waals surface area contributed by atoms with Crippen molar-refractivity contribution in [3.05, 3.63) is 114 Å². The summed E-state index contributed by atoms with van der Waals surface area (Å²) in [7, 11) is 0. The number of aromatic nitrogens is 3. The molecule has 2 aromatic carbocycles. The Hall–Kier alpha value is -4.70. The summed E-state index contributed by atoms with van der Waals surface area (Å²) in [4.78, 5) is 47.4. The number of amides is 2. The topological polar surface area (TPSA) is 100 Å². The summed E-state index contributed by atoms with van der Waals surface area (Å²) in [5, 5.41) is 7.30. The second kappa shape index (κ2) is 13.3. The highest BCUT2D eigenvalue weighted by atomic mass is 19.1. The van der Waals surface area contributed by atoms with Gasteiger partial charge in [0.25, 0.3) is 11.8 Å². The van der Waals surface area contributed by atoms with Crippen molar-refractivity contribution in [1.82, 2.24) is 29.9 Å². The number of nitrogens with one attached hydrogen (secondary N) is 1. The predicted octanol–water partition coefficient (Wildman–Crippen LogP) is 4.54. The highest BCUT2D eigenvalue weighted by Crippen LogP contribution is 2.24. The summed E-state index contributed by atoms with van der Waals surface area (Å²) in [6.07, 6.45) is 7.85. The first kappa shape index (κ1) is 29.4. The molecule has 44 heavy (non-hydrogen) atoms. The maximum atomic E-state index is 13.2. The van der Waals surface area contributed by atoms with E-state index in [1.807, 2.05) is 36.5 Å². The number of carbonyl (C=O) groups is 3. The van der Waals surface area contributed by atoms with Crippen molar-refractivity contribution in [3.63, 3.8) is 0 Å². The van der Waals surface area contributed by atoms with E-state index in [2.05, 4.69) is 20.3 Å². The van der Waals surface area contributed by atoms with Crippen LogP contribution in [0.25, 0.3) is 5.69 Å². The van der Waals surface area contributed by atoms with E-state index < -0.39 is 0 Å². The van der Waals surface area contributed by atoms with Crippen LogP contribution < -0.4 is 5.32 Å². The zero-order chi connectivity index (χ0) is 30.5. The minimum Gasteiger partial charge on any atom is -0.349 e. The molecule has 2 saturated heterocycles. The van der Waals surface area contributed by atoms with Gasteiger partial charge in [-0.2, -0.15) is 5.10 Å². The number of piperidine rings is 2. The van der Waals surface area contributed by atoms with Gasteiger partial charge in [-0.15, -0.1) is 0 Å². The van der Waals surface area contributed by atoms with Gasteiger partial charge in [-0.3, -0.25) is 24.3 Å². The van der Waals surface area contributed by atoms with Gasteiger partial charge >= 0.3 is 0 Å². The van der Waals surface area contributed by atoms with Gasteiger partial charge in [0.2, 0.25) is 0 Å². The lowest BCUT2D eigenvalue weighted by Gasteiger charge is -2.32. The number of carbonyl (C=O) groups excluding carboxylic acids is 3. The van der Waals surface area contributed by atoms with Gasteiger partial charge in [0, 0.05) is 68.8 Å². The van der Waals surface area contributed by atoms with Crippen LogP contribution in [0.3, 0.4) is 0 Å². The summed E-state index contributed by atoms with van der Waals surface area (Å²) < 4.78 is 14.9. The molecule has 2 aromatic heterocycles. The zero-order valence-electron chi connectivity index (χ0n) is 24.4. The molecule has 0 bridgehead atoms. The molecule has 4 aromatic rings. The van der Waals surface area contributed by atoms with Crippen molar-refractivity contribution in [2.24, 2.45) is 5.92 Å². The van der Waals surface area contributed by atoms with E-state index in [0.717, 1.165) is 43.7 Å². The Balaban J connectivity index is 0.951. The molecule has 0 radical (unpaired) electrons. The third-order valence-electron chi connectivity index (χ3n) is 8.56. The number of halogens is 1. The molecule has 6 rings (SSSR count). The summed E-state index contributed by atoms with van der Waals surface area (Å²) in [5.74, 6) is -0.675. The molecule has 226 valence electrons. The van der Waals surface area contributed by atoms with Crippen LogP contribution in [-0.2, 0) is 6.54 Å². The first-order valence-electron chi connectivity index (χ1n) is 15.1. The number of ketones is 1. The molecular formula is C34H35FN6O3. The van der Waals surface area contributed by atoms with Crippen molar-refractivity contribution in [1.29, 1.82) is 0 Å². The van der Waals surface area contributed by atoms with Crippen LogP contribution in [0.1, 0.15) is 62.5 Å². The minimum absolute atomic E-state index is 0.0617. The van der Waals surface area contributed by atoms with Gasteiger partial charge in [0.15, 0.2) is 5.78 Å². The van der Waals surface area contributed by atoms with Crippen LogP contribution in [0, 0.1) is 11.7 Å². The molecule has 0 saturated carbocycles. The fourth-order valence-corrected chi connectivity index (χ4v) is 5.95. The van der Waals surface area contributed by atoms with Gasteiger partial charge in [-0.05, 0) is 85.8 Å². The number of benzene rings is 2. The molecule has 4 heterocycles. The average Bonchev–Trinajstić information content (AvgIpc) is 3.62.